The minimum absolute atomic E-state index is 0.106. The molecule has 0 aliphatic heterocycles. The molecule has 5 heteroatoms. The first kappa shape index (κ1) is 20.2. The van der Waals surface area contributed by atoms with Gasteiger partial charge < -0.3 is 19.7 Å². The van der Waals surface area contributed by atoms with Gasteiger partial charge in [-0.2, -0.15) is 0 Å². The van der Waals surface area contributed by atoms with Gasteiger partial charge in [0.25, 0.3) is 0 Å². The SMILES string of the molecule is CC(C)COC(=O)OC/C=C/CC(CO)(CO)Cc1ccccc1. The number of ether oxygens (including phenoxy) is 2. The van der Waals surface area contributed by atoms with Crippen LogP contribution in [0.1, 0.15) is 25.8 Å². The molecule has 24 heavy (non-hydrogen) atoms. The molecule has 134 valence electrons. The van der Waals surface area contributed by atoms with E-state index in [0.29, 0.717) is 19.4 Å². The highest BCUT2D eigenvalue weighted by atomic mass is 16.7. The molecule has 0 heterocycles. The molecule has 1 aromatic carbocycles. The molecule has 0 spiro atoms. The fourth-order valence-corrected chi connectivity index (χ4v) is 2.19. The van der Waals surface area contributed by atoms with E-state index in [0.717, 1.165) is 5.56 Å². The summed E-state index contributed by atoms with van der Waals surface area (Å²) in [7, 11) is 0. The second-order valence-corrected chi connectivity index (χ2v) is 6.42. The van der Waals surface area contributed by atoms with Crippen LogP contribution in [0, 0.1) is 11.3 Å². The highest BCUT2D eigenvalue weighted by Crippen LogP contribution is 2.27. The van der Waals surface area contributed by atoms with E-state index in [9.17, 15) is 15.0 Å². The maximum Gasteiger partial charge on any atom is 0.508 e. The Labute approximate surface area is 143 Å². The number of carbonyl (C=O) groups excluding carboxylic acids is 1. The van der Waals surface area contributed by atoms with Gasteiger partial charge in [-0.25, -0.2) is 4.79 Å². The normalized spacial score (nSPS) is 11.9. The van der Waals surface area contributed by atoms with Gasteiger partial charge >= 0.3 is 6.16 Å². The second-order valence-electron chi connectivity index (χ2n) is 6.42. The van der Waals surface area contributed by atoms with Crippen LogP contribution in [0.5, 0.6) is 0 Å². The molecular weight excluding hydrogens is 308 g/mol. The van der Waals surface area contributed by atoms with Gasteiger partial charge in [-0.1, -0.05) is 56.3 Å². The number of aliphatic hydroxyl groups is 2. The van der Waals surface area contributed by atoms with Crippen LogP contribution in [0.3, 0.4) is 0 Å². The third-order valence-corrected chi connectivity index (χ3v) is 3.64. The lowest BCUT2D eigenvalue weighted by Crippen LogP contribution is -2.32. The number of aliphatic hydroxyl groups excluding tert-OH is 2. The van der Waals surface area contributed by atoms with E-state index in [1.54, 1.807) is 6.08 Å². The van der Waals surface area contributed by atoms with E-state index in [1.165, 1.54) is 0 Å². The zero-order valence-corrected chi connectivity index (χ0v) is 14.5. The minimum atomic E-state index is -0.687. The van der Waals surface area contributed by atoms with Crippen molar-refractivity contribution < 1.29 is 24.5 Å². The van der Waals surface area contributed by atoms with Gasteiger partial charge in [-0.05, 0) is 24.3 Å². The standard InChI is InChI=1S/C19H28O5/c1-16(2)13-24-18(22)23-11-7-6-10-19(14-20,15-21)12-17-8-4-3-5-9-17/h3-9,16,20-21H,10-15H2,1-2H3/b7-6+. The molecule has 0 aliphatic carbocycles. The summed E-state index contributed by atoms with van der Waals surface area (Å²) in [6.07, 6.45) is 3.88. The molecule has 2 N–H and O–H groups in total. The van der Waals surface area contributed by atoms with Crippen molar-refractivity contribution in [2.45, 2.75) is 26.7 Å². The van der Waals surface area contributed by atoms with Gasteiger partial charge in [0.2, 0.25) is 0 Å². The van der Waals surface area contributed by atoms with Crippen molar-refractivity contribution in [3.05, 3.63) is 48.0 Å². The number of rotatable bonds is 10. The maximum absolute atomic E-state index is 11.3. The van der Waals surface area contributed by atoms with Crippen molar-refractivity contribution in [1.82, 2.24) is 0 Å². The topological polar surface area (TPSA) is 76.0 Å². The summed E-state index contributed by atoms with van der Waals surface area (Å²) >= 11 is 0. The van der Waals surface area contributed by atoms with Crippen LogP contribution in [-0.2, 0) is 15.9 Å². The largest absolute Gasteiger partial charge is 0.508 e. The predicted molar refractivity (Wildman–Crippen MR) is 92.6 cm³/mol. The Morgan fingerprint density at radius 3 is 2.38 bits per heavy atom. The van der Waals surface area contributed by atoms with Crippen molar-refractivity contribution >= 4 is 6.16 Å². The summed E-state index contributed by atoms with van der Waals surface area (Å²) in [5.74, 6) is 0.265. The van der Waals surface area contributed by atoms with E-state index >= 15 is 0 Å². The average molecular weight is 336 g/mol. The number of carbonyl (C=O) groups is 1. The Bertz CT molecular complexity index is 492. The van der Waals surface area contributed by atoms with Gasteiger partial charge in [0.05, 0.1) is 19.8 Å². The lowest BCUT2D eigenvalue weighted by molar-refractivity contribution is 0.0529. The Kier molecular flexibility index (Phi) is 9.12. The molecule has 0 aliphatic rings. The summed E-state index contributed by atoms with van der Waals surface area (Å²) in [6.45, 7) is 4.08. The Morgan fingerprint density at radius 1 is 1.12 bits per heavy atom. The van der Waals surface area contributed by atoms with Crippen molar-refractivity contribution in [3.8, 4) is 0 Å². The van der Waals surface area contributed by atoms with E-state index in [1.807, 2.05) is 50.3 Å². The molecule has 0 saturated carbocycles. The first-order valence-corrected chi connectivity index (χ1v) is 8.21. The van der Waals surface area contributed by atoms with Crippen LogP contribution in [-0.4, -0.2) is 42.8 Å². The molecule has 0 amide bonds. The predicted octanol–water partition coefficient (Wildman–Crippen LogP) is 2.96. The smallest absolute Gasteiger partial charge is 0.434 e. The number of allylic oxidation sites excluding steroid dienone is 1. The summed E-state index contributed by atoms with van der Waals surface area (Å²) in [6, 6.07) is 9.73. The van der Waals surface area contributed by atoms with Crippen molar-refractivity contribution in [1.29, 1.82) is 0 Å². The number of benzene rings is 1. The fraction of sp³-hybridized carbons (Fsp3) is 0.526. The highest BCUT2D eigenvalue weighted by molar-refractivity contribution is 5.59. The van der Waals surface area contributed by atoms with Crippen LogP contribution in [0.2, 0.25) is 0 Å². The minimum Gasteiger partial charge on any atom is -0.434 e. The van der Waals surface area contributed by atoms with E-state index in [-0.39, 0.29) is 25.7 Å². The molecule has 1 rings (SSSR count). The summed E-state index contributed by atoms with van der Waals surface area (Å²) in [5.41, 5.74) is 0.429. The second kappa shape index (κ2) is 10.8. The monoisotopic (exact) mass is 336 g/mol. The molecule has 0 aromatic heterocycles. The van der Waals surface area contributed by atoms with Gasteiger partial charge in [-0.15, -0.1) is 0 Å². The highest BCUT2D eigenvalue weighted by Gasteiger charge is 2.27. The van der Waals surface area contributed by atoms with Crippen LogP contribution >= 0.6 is 0 Å². The van der Waals surface area contributed by atoms with Crippen LogP contribution in [0.15, 0.2) is 42.5 Å². The Morgan fingerprint density at radius 2 is 1.79 bits per heavy atom. The molecular formula is C19H28O5. The van der Waals surface area contributed by atoms with Gasteiger partial charge in [0.15, 0.2) is 0 Å². The molecule has 0 bridgehead atoms. The molecule has 0 fully saturated rings. The lowest BCUT2D eigenvalue weighted by atomic mass is 9.80. The molecule has 0 saturated heterocycles. The summed E-state index contributed by atoms with van der Waals surface area (Å²) in [4.78, 5) is 11.3. The van der Waals surface area contributed by atoms with Gasteiger partial charge in [0, 0.05) is 5.41 Å². The lowest BCUT2D eigenvalue weighted by Gasteiger charge is -2.28. The van der Waals surface area contributed by atoms with E-state index in [2.05, 4.69) is 0 Å². The zero-order valence-electron chi connectivity index (χ0n) is 14.5. The third kappa shape index (κ3) is 7.62. The summed E-state index contributed by atoms with van der Waals surface area (Å²) in [5, 5.41) is 19.4. The first-order chi connectivity index (χ1) is 11.5. The Hall–Kier alpha value is -1.85. The Balaban J connectivity index is 2.44. The van der Waals surface area contributed by atoms with Crippen molar-refractivity contribution in [2.24, 2.45) is 11.3 Å². The van der Waals surface area contributed by atoms with E-state index < -0.39 is 11.6 Å². The molecule has 0 unspecified atom stereocenters. The van der Waals surface area contributed by atoms with Crippen LogP contribution in [0.4, 0.5) is 4.79 Å². The van der Waals surface area contributed by atoms with Crippen molar-refractivity contribution in [2.75, 3.05) is 26.4 Å². The fourth-order valence-electron chi connectivity index (χ4n) is 2.19. The zero-order chi connectivity index (χ0) is 17.8. The van der Waals surface area contributed by atoms with E-state index in [4.69, 9.17) is 9.47 Å². The maximum atomic E-state index is 11.3. The molecule has 0 atom stereocenters. The van der Waals surface area contributed by atoms with Crippen molar-refractivity contribution in [3.63, 3.8) is 0 Å². The molecule has 5 nitrogen and oxygen atoms in total. The number of hydrogen-bond donors (Lipinski definition) is 2. The first-order valence-electron chi connectivity index (χ1n) is 8.21. The van der Waals surface area contributed by atoms with Crippen LogP contribution < -0.4 is 0 Å². The quantitative estimate of drug-likeness (QED) is 0.507. The number of hydrogen-bond acceptors (Lipinski definition) is 5. The van der Waals surface area contributed by atoms with Gasteiger partial charge in [-0.3, -0.25) is 0 Å². The molecule has 1 aromatic rings. The summed E-state index contributed by atoms with van der Waals surface area (Å²) < 4.78 is 9.82. The van der Waals surface area contributed by atoms with Gasteiger partial charge in [0.1, 0.15) is 6.61 Å². The average Bonchev–Trinajstić information content (AvgIpc) is 2.59. The third-order valence-electron chi connectivity index (χ3n) is 3.64. The van der Waals surface area contributed by atoms with Crippen LogP contribution in [0.25, 0.3) is 0 Å². The molecule has 0 radical (unpaired) electrons.